The van der Waals surface area contributed by atoms with Gasteiger partial charge in [-0.15, -0.1) is 0 Å². The van der Waals surface area contributed by atoms with Crippen LogP contribution in [0.4, 0.5) is 0 Å². The molecule has 0 bridgehead atoms. The normalized spacial score (nSPS) is 17.4. The summed E-state index contributed by atoms with van der Waals surface area (Å²) in [7, 11) is 0. The van der Waals surface area contributed by atoms with E-state index < -0.39 is 0 Å². The van der Waals surface area contributed by atoms with Crippen molar-refractivity contribution in [3.63, 3.8) is 0 Å². The van der Waals surface area contributed by atoms with E-state index >= 15 is 0 Å². The maximum absolute atomic E-state index is 8.70. The summed E-state index contributed by atoms with van der Waals surface area (Å²) in [5, 5.41) is 8.70. The van der Waals surface area contributed by atoms with Gasteiger partial charge in [-0.25, -0.2) is 0 Å². The highest BCUT2D eigenvalue weighted by molar-refractivity contribution is 4.72. The van der Waals surface area contributed by atoms with Crippen molar-refractivity contribution in [2.75, 3.05) is 32.8 Å². The summed E-state index contributed by atoms with van der Waals surface area (Å²) in [6.45, 7) is 5.10. The predicted molar refractivity (Wildman–Crippen MR) is 91.5 cm³/mol. The molecule has 0 amide bonds. The molecule has 1 aliphatic heterocycles. The van der Waals surface area contributed by atoms with Crippen LogP contribution < -0.4 is 5.73 Å². The van der Waals surface area contributed by atoms with E-state index in [1.165, 1.54) is 90.3 Å². The maximum atomic E-state index is 8.70. The predicted octanol–water partition coefficient (Wildman–Crippen LogP) is 3.55. The van der Waals surface area contributed by atoms with E-state index in [4.69, 9.17) is 10.8 Å². The van der Waals surface area contributed by atoms with Gasteiger partial charge in [0.25, 0.3) is 0 Å². The molecular formula is C18H38N2O. The lowest BCUT2D eigenvalue weighted by Crippen LogP contribution is -2.36. The SMILES string of the molecule is NCC1CCN(CCCCCCCCCCCCO)CC1. The number of likely N-dealkylation sites (tertiary alicyclic amines) is 1. The van der Waals surface area contributed by atoms with Crippen LogP contribution in [0.1, 0.15) is 77.0 Å². The van der Waals surface area contributed by atoms with Crippen molar-refractivity contribution >= 4 is 0 Å². The number of hydrogen-bond acceptors (Lipinski definition) is 3. The number of nitrogens with zero attached hydrogens (tertiary/aromatic N) is 1. The molecule has 0 unspecified atom stereocenters. The highest BCUT2D eigenvalue weighted by atomic mass is 16.2. The number of rotatable bonds is 13. The second-order valence-electron chi connectivity index (χ2n) is 6.78. The standard InChI is InChI=1S/C18H38N2O/c19-17-18-11-14-20(15-12-18)13-9-7-5-3-1-2-4-6-8-10-16-21/h18,21H,1-17,19H2. The van der Waals surface area contributed by atoms with Gasteiger partial charge in [-0.3, -0.25) is 0 Å². The molecule has 1 fully saturated rings. The fourth-order valence-corrected chi connectivity index (χ4v) is 3.31. The van der Waals surface area contributed by atoms with Crippen molar-refractivity contribution in [3.05, 3.63) is 0 Å². The monoisotopic (exact) mass is 298 g/mol. The minimum atomic E-state index is 0.365. The summed E-state index contributed by atoms with van der Waals surface area (Å²) in [6, 6.07) is 0. The van der Waals surface area contributed by atoms with E-state index in [2.05, 4.69) is 4.90 Å². The van der Waals surface area contributed by atoms with E-state index in [1.807, 2.05) is 0 Å². The Bertz CT molecular complexity index is 215. The van der Waals surface area contributed by atoms with Crippen LogP contribution in [0.15, 0.2) is 0 Å². The summed E-state index contributed by atoms with van der Waals surface area (Å²) in [4.78, 5) is 2.63. The molecule has 0 radical (unpaired) electrons. The number of nitrogens with two attached hydrogens (primary N) is 1. The Hall–Kier alpha value is -0.120. The molecule has 0 atom stereocenters. The molecule has 126 valence electrons. The second-order valence-corrected chi connectivity index (χ2v) is 6.78. The molecule has 0 spiro atoms. The quantitative estimate of drug-likeness (QED) is 0.511. The molecular weight excluding hydrogens is 260 g/mol. The lowest BCUT2D eigenvalue weighted by molar-refractivity contribution is 0.184. The molecule has 21 heavy (non-hydrogen) atoms. The molecule has 3 nitrogen and oxygen atoms in total. The first-order chi connectivity index (χ1) is 10.4. The van der Waals surface area contributed by atoms with Gasteiger partial charge in [0.05, 0.1) is 0 Å². The van der Waals surface area contributed by atoms with Crippen molar-refractivity contribution in [2.24, 2.45) is 11.7 Å². The third-order valence-corrected chi connectivity index (χ3v) is 4.92. The molecule has 1 aliphatic rings. The Balaban J connectivity index is 1.77. The van der Waals surface area contributed by atoms with Crippen LogP contribution >= 0.6 is 0 Å². The van der Waals surface area contributed by atoms with Gasteiger partial charge in [0, 0.05) is 6.61 Å². The average molecular weight is 299 g/mol. The summed E-state index contributed by atoms with van der Waals surface area (Å²) in [6.07, 6.45) is 15.9. The molecule has 0 saturated carbocycles. The van der Waals surface area contributed by atoms with Crippen LogP contribution in [-0.2, 0) is 0 Å². The van der Waals surface area contributed by atoms with Crippen molar-refractivity contribution in [3.8, 4) is 0 Å². The van der Waals surface area contributed by atoms with Gasteiger partial charge < -0.3 is 15.7 Å². The van der Waals surface area contributed by atoms with Crippen molar-refractivity contribution < 1.29 is 5.11 Å². The van der Waals surface area contributed by atoms with E-state index in [9.17, 15) is 0 Å². The fraction of sp³-hybridized carbons (Fsp3) is 1.00. The zero-order valence-electron chi connectivity index (χ0n) is 14.1. The first-order valence-electron chi connectivity index (χ1n) is 9.40. The van der Waals surface area contributed by atoms with Gasteiger partial charge in [-0.1, -0.05) is 51.4 Å². The molecule has 0 aromatic carbocycles. The highest BCUT2D eigenvalue weighted by Crippen LogP contribution is 2.16. The Morgan fingerprint density at radius 1 is 0.762 bits per heavy atom. The Morgan fingerprint density at radius 3 is 1.71 bits per heavy atom. The summed E-state index contributed by atoms with van der Waals surface area (Å²) < 4.78 is 0. The molecule has 0 aliphatic carbocycles. The Morgan fingerprint density at radius 2 is 1.24 bits per heavy atom. The molecule has 3 N–H and O–H groups in total. The minimum Gasteiger partial charge on any atom is -0.396 e. The minimum absolute atomic E-state index is 0.365. The van der Waals surface area contributed by atoms with Crippen LogP contribution in [0.25, 0.3) is 0 Å². The Labute approximate surface area is 132 Å². The molecule has 0 aromatic heterocycles. The zero-order valence-corrected chi connectivity index (χ0v) is 14.1. The van der Waals surface area contributed by atoms with E-state index in [1.54, 1.807) is 0 Å². The fourth-order valence-electron chi connectivity index (χ4n) is 3.31. The van der Waals surface area contributed by atoms with Crippen molar-refractivity contribution in [1.82, 2.24) is 4.90 Å². The van der Waals surface area contributed by atoms with Gasteiger partial charge in [-0.05, 0) is 57.8 Å². The van der Waals surface area contributed by atoms with E-state index in [0.29, 0.717) is 6.61 Å². The number of piperidine rings is 1. The van der Waals surface area contributed by atoms with Crippen LogP contribution in [0.5, 0.6) is 0 Å². The van der Waals surface area contributed by atoms with E-state index in [0.717, 1.165) is 18.9 Å². The first-order valence-corrected chi connectivity index (χ1v) is 9.40. The van der Waals surface area contributed by atoms with Crippen LogP contribution in [-0.4, -0.2) is 42.8 Å². The number of aliphatic hydroxyl groups excluding tert-OH is 1. The number of unbranched alkanes of at least 4 members (excludes halogenated alkanes) is 9. The number of aliphatic hydroxyl groups is 1. The van der Waals surface area contributed by atoms with Gasteiger partial charge in [0.15, 0.2) is 0 Å². The number of hydrogen-bond donors (Lipinski definition) is 2. The molecule has 0 aromatic rings. The molecule has 1 rings (SSSR count). The average Bonchev–Trinajstić information content (AvgIpc) is 2.53. The van der Waals surface area contributed by atoms with Crippen molar-refractivity contribution in [1.29, 1.82) is 0 Å². The topological polar surface area (TPSA) is 49.5 Å². The molecule has 3 heteroatoms. The summed E-state index contributed by atoms with van der Waals surface area (Å²) in [5.74, 6) is 0.790. The lowest BCUT2D eigenvalue weighted by Gasteiger charge is -2.31. The van der Waals surface area contributed by atoms with E-state index in [-0.39, 0.29) is 0 Å². The van der Waals surface area contributed by atoms with Crippen molar-refractivity contribution in [2.45, 2.75) is 77.0 Å². The van der Waals surface area contributed by atoms with Crippen LogP contribution in [0.2, 0.25) is 0 Å². The van der Waals surface area contributed by atoms with Gasteiger partial charge in [0.2, 0.25) is 0 Å². The van der Waals surface area contributed by atoms with Crippen LogP contribution in [0.3, 0.4) is 0 Å². The molecule has 1 saturated heterocycles. The third kappa shape index (κ3) is 10.3. The Kier molecular flexibility index (Phi) is 12.2. The maximum Gasteiger partial charge on any atom is 0.0431 e. The van der Waals surface area contributed by atoms with Gasteiger partial charge in [-0.2, -0.15) is 0 Å². The third-order valence-electron chi connectivity index (χ3n) is 4.92. The second kappa shape index (κ2) is 13.5. The lowest BCUT2D eigenvalue weighted by atomic mass is 9.97. The van der Waals surface area contributed by atoms with Gasteiger partial charge >= 0.3 is 0 Å². The summed E-state index contributed by atoms with van der Waals surface area (Å²) >= 11 is 0. The first kappa shape index (κ1) is 18.9. The van der Waals surface area contributed by atoms with Gasteiger partial charge in [0.1, 0.15) is 0 Å². The smallest absolute Gasteiger partial charge is 0.0431 e. The zero-order chi connectivity index (χ0) is 15.2. The molecule has 1 heterocycles. The van der Waals surface area contributed by atoms with Crippen LogP contribution in [0, 0.1) is 5.92 Å². The highest BCUT2D eigenvalue weighted by Gasteiger charge is 2.16. The largest absolute Gasteiger partial charge is 0.396 e. The summed E-state index contributed by atoms with van der Waals surface area (Å²) in [5.41, 5.74) is 5.73.